The number of H-pyrrole nitrogens is 2. The first-order chi connectivity index (χ1) is 8.56. The highest BCUT2D eigenvalue weighted by Crippen LogP contribution is 2.31. The number of aromatic amines is 2. The largest absolute Gasteiger partial charge is 0.327 e. The molecular formula is C10H6Br2N4O2. The van der Waals surface area contributed by atoms with Crippen molar-refractivity contribution in [1.29, 1.82) is 0 Å². The predicted octanol–water partition coefficient (Wildman–Crippen LogP) is -0.376. The van der Waals surface area contributed by atoms with Gasteiger partial charge < -0.3 is 0 Å². The number of aromatic nitrogens is 2. The molecule has 3 rings (SSSR count). The zero-order chi connectivity index (χ0) is 12.9. The summed E-state index contributed by atoms with van der Waals surface area (Å²) in [4.78, 5) is 36.2. The van der Waals surface area contributed by atoms with Crippen LogP contribution in [-0.4, -0.2) is 22.1 Å². The summed E-state index contributed by atoms with van der Waals surface area (Å²) in [5, 5.41) is 0.156. The Morgan fingerprint density at radius 1 is 1.00 bits per heavy atom. The monoisotopic (exact) mass is 372 g/mol. The quantitative estimate of drug-likeness (QED) is 0.649. The van der Waals surface area contributed by atoms with Crippen molar-refractivity contribution in [3.8, 4) is 0 Å². The summed E-state index contributed by atoms with van der Waals surface area (Å²) < 4.78 is 1.70. The van der Waals surface area contributed by atoms with Crippen molar-refractivity contribution >= 4 is 31.9 Å². The second kappa shape index (κ2) is 4.13. The molecule has 0 saturated heterocycles. The molecule has 0 aromatic carbocycles. The number of hydrogen-bond acceptors (Lipinski definition) is 4. The molecule has 2 N–H and O–H groups in total. The van der Waals surface area contributed by atoms with Crippen LogP contribution in [-0.2, 0) is 0 Å². The smallest absolute Gasteiger partial charge is 0.290 e. The molecule has 0 bridgehead atoms. The van der Waals surface area contributed by atoms with Crippen LogP contribution in [0.1, 0.15) is 0 Å². The fraction of sp³-hybridized carbons (Fsp3) is 0.200. The van der Waals surface area contributed by atoms with Crippen LogP contribution in [0.4, 0.5) is 0 Å². The van der Waals surface area contributed by atoms with Crippen molar-refractivity contribution in [2.45, 2.75) is 12.1 Å². The standard InChI is InChI=1S/C10H6Br2N4O2/c11-3-1-2-4(12)6-5(3)13-7-8(14-6)15-10(18)16-9(7)17/h1-2,5-6H,(H2,14,15,16,17,18)/t5-,6+/m1/s1. The lowest BCUT2D eigenvalue weighted by molar-refractivity contribution is 0.616. The summed E-state index contributed by atoms with van der Waals surface area (Å²) in [7, 11) is 0. The molecule has 18 heavy (non-hydrogen) atoms. The van der Waals surface area contributed by atoms with E-state index in [1.807, 2.05) is 12.2 Å². The van der Waals surface area contributed by atoms with E-state index in [1.165, 1.54) is 0 Å². The van der Waals surface area contributed by atoms with E-state index in [4.69, 9.17) is 0 Å². The van der Waals surface area contributed by atoms with Crippen LogP contribution >= 0.6 is 31.9 Å². The zero-order valence-electron chi connectivity index (χ0n) is 8.78. The van der Waals surface area contributed by atoms with Gasteiger partial charge in [0.05, 0.1) is 0 Å². The van der Waals surface area contributed by atoms with Crippen LogP contribution in [0.3, 0.4) is 0 Å². The van der Waals surface area contributed by atoms with Gasteiger partial charge in [-0.05, 0) is 12.2 Å². The Kier molecular flexibility index (Phi) is 2.70. The van der Waals surface area contributed by atoms with Crippen LogP contribution in [0, 0.1) is 0 Å². The average molecular weight is 374 g/mol. The molecule has 92 valence electrons. The Balaban J connectivity index is 2.37. The average Bonchev–Trinajstić information content (AvgIpc) is 2.32. The van der Waals surface area contributed by atoms with E-state index in [9.17, 15) is 9.59 Å². The molecule has 2 heterocycles. The summed E-state index contributed by atoms with van der Waals surface area (Å²) in [5.41, 5.74) is -0.888. The predicted molar refractivity (Wildman–Crippen MR) is 71.6 cm³/mol. The molecule has 0 spiro atoms. The van der Waals surface area contributed by atoms with Gasteiger partial charge in [-0.25, -0.2) is 4.79 Å². The van der Waals surface area contributed by atoms with Gasteiger partial charge in [0.2, 0.25) is 0 Å². The summed E-state index contributed by atoms with van der Waals surface area (Å²) in [6.07, 6.45) is 3.72. The topological polar surface area (TPSA) is 90.4 Å². The maximum absolute atomic E-state index is 11.7. The molecule has 0 unspecified atom stereocenters. The van der Waals surface area contributed by atoms with Gasteiger partial charge in [-0.3, -0.25) is 24.7 Å². The molecule has 1 aromatic heterocycles. The number of nitrogens with one attached hydrogen (secondary N) is 2. The number of nitrogens with zero attached hydrogens (tertiary/aromatic N) is 2. The van der Waals surface area contributed by atoms with Gasteiger partial charge >= 0.3 is 5.69 Å². The van der Waals surface area contributed by atoms with E-state index in [2.05, 4.69) is 51.8 Å². The second-order valence-corrected chi connectivity index (χ2v) is 5.69. The van der Waals surface area contributed by atoms with Crippen molar-refractivity contribution in [2.24, 2.45) is 9.98 Å². The summed E-state index contributed by atoms with van der Waals surface area (Å²) in [6, 6.07) is -0.529. The van der Waals surface area contributed by atoms with Crippen molar-refractivity contribution < 1.29 is 0 Å². The Bertz CT molecular complexity index is 818. The highest BCUT2D eigenvalue weighted by Gasteiger charge is 2.30. The molecule has 1 aromatic rings. The number of hydrogen-bond donors (Lipinski definition) is 2. The van der Waals surface area contributed by atoms with Gasteiger partial charge in [0, 0.05) is 8.96 Å². The van der Waals surface area contributed by atoms with Crippen molar-refractivity contribution in [3.63, 3.8) is 0 Å². The van der Waals surface area contributed by atoms with Gasteiger partial charge in [-0.2, -0.15) is 0 Å². The van der Waals surface area contributed by atoms with E-state index >= 15 is 0 Å². The maximum Gasteiger partial charge on any atom is 0.327 e. The van der Waals surface area contributed by atoms with Gasteiger partial charge in [-0.1, -0.05) is 31.9 Å². The summed E-state index contributed by atoms with van der Waals surface area (Å²) in [5.74, 6) is 0. The van der Waals surface area contributed by atoms with Crippen LogP contribution in [0.25, 0.3) is 0 Å². The third-order valence-electron chi connectivity index (χ3n) is 2.70. The van der Waals surface area contributed by atoms with Gasteiger partial charge in [0.15, 0.2) is 10.8 Å². The first-order valence-corrected chi connectivity index (χ1v) is 6.66. The van der Waals surface area contributed by atoms with E-state index in [0.717, 1.165) is 8.96 Å². The molecule has 8 heteroatoms. The Labute approximate surface area is 117 Å². The van der Waals surface area contributed by atoms with Crippen molar-refractivity contribution in [2.75, 3.05) is 0 Å². The van der Waals surface area contributed by atoms with Crippen molar-refractivity contribution in [1.82, 2.24) is 9.97 Å². The van der Waals surface area contributed by atoms with E-state index < -0.39 is 11.2 Å². The Hall–Kier alpha value is -1.28. The van der Waals surface area contributed by atoms with Gasteiger partial charge in [0.25, 0.3) is 5.56 Å². The highest BCUT2D eigenvalue weighted by atomic mass is 79.9. The molecule has 0 radical (unpaired) electrons. The number of allylic oxidation sites excluding steroid dienone is 2. The third-order valence-corrected chi connectivity index (χ3v) is 4.17. The maximum atomic E-state index is 11.7. The number of halogens is 2. The zero-order valence-corrected chi connectivity index (χ0v) is 11.9. The number of rotatable bonds is 0. The molecule has 1 aliphatic carbocycles. The Morgan fingerprint density at radius 2 is 1.61 bits per heavy atom. The van der Waals surface area contributed by atoms with E-state index in [0.29, 0.717) is 0 Å². The Morgan fingerprint density at radius 3 is 2.28 bits per heavy atom. The normalized spacial score (nSPS) is 25.0. The fourth-order valence-electron chi connectivity index (χ4n) is 1.88. The summed E-state index contributed by atoms with van der Waals surface area (Å²) in [6.45, 7) is 0. The fourth-order valence-corrected chi connectivity index (χ4v) is 2.85. The molecule has 6 nitrogen and oxygen atoms in total. The van der Waals surface area contributed by atoms with Gasteiger partial charge in [0.1, 0.15) is 12.1 Å². The minimum Gasteiger partial charge on any atom is -0.290 e. The lowest BCUT2D eigenvalue weighted by atomic mass is 10.0. The first-order valence-electron chi connectivity index (χ1n) is 5.07. The molecule has 0 saturated carbocycles. The lowest BCUT2D eigenvalue weighted by Gasteiger charge is -2.25. The van der Waals surface area contributed by atoms with Crippen LogP contribution in [0.5, 0.6) is 0 Å². The SMILES string of the molecule is O=c1[nH]c(=O)c2c([nH]1)=N[C@H]1C(Br)=CC=C(Br)[C@H]1N=2. The van der Waals surface area contributed by atoms with Crippen LogP contribution < -0.4 is 22.1 Å². The van der Waals surface area contributed by atoms with E-state index in [-0.39, 0.29) is 22.9 Å². The molecule has 0 amide bonds. The van der Waals surface area contributed by atoms with Gasteiger partial charge in [-0.15, -0.1) is 0 Å². The molecule has 2 aliphatic rings. The summed E-state index contributed by atoms with van der Waals surface area (Å²) >= 11 is 6.82. The highest BCUT2D eigenvalue weighted by molar-refractivity contribution is 9.12. The van der Waals surface area contributed by atoms with Crippen LogP contribution in [0.2, 0.25) is 0 Å². The molecule has 2 atom stereocenters. The first kappa shape index (κ1) is 11.8. The number of fused-ring (bicyclic) bond motifs is 2. The van der Waals surface area contributed by atoms with E-state index in [1.54, 1.807) is 0 Å². The molecule has 0 fully saturated rings. The minimum atomic E-state index is -0.582. The third kappa shape index (κ3) is 1.76. The second-order valence-electron chi connectivity index (χ2n) is 3.86. The lowest BCUT2D eigenvalue weighted by Crippen LogP contribution is -2.53. The minimum absolute atomic E-state index is 0.156. The van der Waals surface area contributed by atoms with Crippen LogP contribution in [0.15, 0.2) is 40.7 Å². The molecule has 1 aliphatic heterocycles. The van der Waals surface area contributed by atoms with Crippen molar-refractivity contribution in [3.05, 3.63) is 52.8 Å². The molecular weight excluding hydrogens is 368 g/mol.